The number of carbonyl (C=O) groups is 2. The van der Waals surface area contributed by atoms with Gasteiger partial charge in [-0.1, -0.05) is 0 Å². The van der Waals surface area contributed by atoms with Crippen LogP contribution in [0.2, 0.25) is 0 Å². The van der Waals surface area contributed by atoms with Crippen LogP contribution in [0.5, 0.6) is 0 Å². The van der Waals surface area contributed by atoms with Crippen molar-refractivity contribution < 1.29 is 19.4 Å². The summed E-state index contributed by atoms with van der Waals surface area (Å²) in [7, 11) is 0. The van der Waals surface area contributed by atoms with Gasteiger partial charge in [0.1, 0.15) is 0 Å². The van der Waals surface area contributed by atoms with Crippen molar-refractivity contribution in [3.05, 3.63) is 0 Å². The minimum absolute atomic E-state index is 0.0674. The number of carboxylic acids is 1. The summed E-state index contributed by atoms with van der Waals surface area (Å²) in [6.45, 7) is 3.67. The van der Waals surface area contributed by atoms with E-state index in [-0.39, 0.29) is 18.6 Å². The third-order valence-electron chi connectivity index (χ3n) is 4.25. The first-order valence-electron chi connectivity index (χ1n) is 7.98. The number of hydrogen-bond acceptors (Lipinski definition) is 4. The molecule has 120 valence electrons. The SMILES string of the molecule is O=C(O)CN1CCCN(C(=O)CCC2CCCCO2)CC1. The molecule has 1 unspecified atom stereocenters. The van der Waals surface area contributed by atoms with Crippen molar-refractivity contribution >= 4 is 11.9 Å². The van der Waals surface area contributed by atoms with Crippen LogP contribution in [0.15, 0.2) is 0 Å². The van der Waals surface area contributed by atoms with Crippen LogP contribution in [-0.2, 0) is 14.3 Å². The van der Waals surface area contributed by atoms with Crippen LogP contribution in [-0.4, -0.2) is 72.2 Å². The quantitative estimate of drug-likeness (QED) is 0.818. The topological polar surface area (TPSA) is 70.1 Å². The lowest BCUT2D eigenvalue weighted by atomic mass is 10.0. The van der Waals surface area contributed by atoms with Crippen molar-refractivity contribution in [1.82, 2.24) is 9.80 Å². The summed E-state index contributed by atoms with van der Waals surface area (Å²) in [5.74, 6) is -0.620. The van der Waals surface area contributed by atoms with Crippen LogP contribution < -0.4 is 0 Å². The third-order valence-corrected chi connectivity index (χ3v) is 4.25. The minimum atomic E-state index is -0.802. The second-order valence-electron chi connectivity index (χ2n) is 5.93. The molecule has 0 aliphatic carbocycles. The van der Waals surface area contributed by atoms with Crippen LogP contribution in [0.3, 0.4) is 0 Å². The average molecular weight is 298 g/mol. The van der Waals surface area contributed by atoms with Gasteiger partial charge in [-0.2, -0.15) is 0 Å². The molecule has 2 fully saturated rings. The van der Waals surface area contributed by atoms with Crippen LogP contribution in [0, 0.1) is 0 Å². The minimum Gasteiger partial charge on any atom is -0.480 e. The van der Waals surface area contributed by atoms with Gasteiger partial charge in [0, 0.05) is 39.2 Å². The third kappa shape index (κ3) is 5.63. The average Bonchev–Trinajstić information content (AvgIpc) is 2.71. The van der Waals surface area contributed by atoms with E-state index < -0.39 is 5.97 Å². The van der Waals surface area contributed by atoms with Crippen molar-refractivity contribution in [2.24, 2.45) is 0 Å². The molecule has 2 saturated heterocycles. The maximum Gasteiger partial charge on any atom is 0.317 e. The summed E-state index contributed by atoms with van der Waals surface area (Å²) < 4.78 is 5.66. The van der Waals surface area contributed by atoms with Crippen LogP contribution in [0.25, 0.3) is 0 Å². The summed E-state index contributed by atoms with van der Waals surface area (Å²) in [5, 5.41) is 8.83. The Morgan fingerprint density at radius 3 is 2.67 bits per heavy atom. The highest BCUT2D eigenvalue weighted by Crippen LogP contribution is 2.17. The van der Waals surface area contributed by atoms with E-state index in [9.17, 15) is 9.59 Å². The molecule has 0 bridgehead atoms. The highest BCUT2D eigenvalue weighted by Gasteiger charge is 2.22. The molecule has 6 nitrogen and oxygen atoms in total. The maximum absolute atomic E-state index is 12.3. The molecule has 2 aliphatic heterocycles. The Morgan fingerprint density at radius 2 is 1.95 bits per heavy atom. The summed E-state index contributed by atoms with van der Waals surface area (Å²) in [4.78, 5) is 26.8. The molecule has 2 aliphatic rings. The van der Waals surface area contributed by atoms with Crippen LogP contribution >= 0.6 is 0 Å². The molecular formula is C15H26N2O4. The normalized spacial score (nSPS) is 24.6. The number of hydrogen-bond donors (Lipinski definition) is 1. The zero-order valence-electron chi connectivity index (χ0n) is 12.6. The zero-order chi connectivity index (χ0) is 15.1. The predicted molar refractivity (Wildman–Crippen MR) is 78.1 cm³/mol. The highest BCUT2D eigenvalue weighted by atomic mass is 16.5. The Kier molecular flexibility index (Phi) is 6.45. The Hall–Kier alpha value is -1.14. The van der Waals surface area contributed by atoms with Gasteiger partial charge in [0.05, 0.1) is 12.6 Å². The number of carboxylic acid groups (broad SMARTS) is 1. The standard InChI is InChI=1S/C15H26N2O4/c18-14(6-5-13-4-1-2-11-21-13)17-8-3-7-16(9-10-17)12-15(19)20/h13H,1-12H2,(H,19,20). The van der Waals surface area contributed by atoms with Crippen molar-refractivity contribution in [3.8, 4) is 0 Å². The Labute approximate surface area is 126 Å². The van der Waals surface area contributed by atoms with Crippen molar-refractivity contribution in [3.63, 3.8) is 0 Å². The van der Waals surface area contributed by atoms with Gasteiger partial charge in [0.15, 0.2) is 0 Å². The lowest BCUT2D eigenvalue weighted by Gasteiger charge is -2.25. The molecule has 2 rings (SSSR count). The molecule has 21 heavy (non-hydrogen) atoms. The van der Waals surface area contributed by atoms with Crippen LogP contribution in [0.1, 0.15) is 38.5 Å². The van der Waals surface area contributed by atoms with Crippen molar-refractivity contribution in [2.75, 3.05) is 39.3 Å². The number of amides is 1. The van der Waals surface area contributed by atoms with Crippen molar-refractivity contribution in [2.45, 2.75) is 44.6 Å². The second-order valence-corrected chi connectivity index (χ2v) is 5.93. The molecule has 0 radical (unpaired) electrons. The smallest absolute Gasteiger partial charge is 0.317 e. The number of carbonyl (C=O) groups excluding carboxylic acids is 1. The molecule has 6 heteroatoms. The summed E-state index contributed by atoms with van der Waals surface area (Å²) in [6, 6.07) is 0. The van der Waals surface area contributed by atoms with Gasteiger partial charge in [0.25, 0.3) is 0 Å². The van der Waals surface area contributed by atoms with Crippen molar-refractivity contribution in [1.29, 1.82) is 0 Å². The fraction of sp³-hybridized carbons (Fsp3) is 0.867. The van der Waals surface area contributed by atoms with Gasteiger partial charge in [-0.15, -0.1) is 0 Å². The predicted octanol–water partition coefficient (Wildman–Crippen LogP) is 0.955. The lowest BCUT2D eigenvalue weighted by Crippen LogP contribution is -2.37. The number of nitrogens with zero attached hydrogens (tertiary/aromatic N) is 2. The van der Waals surface area contributed by atoms with Gasteiger partial charge >= 0.3 is 5.97 Å². The highest BCUT2D eigenvalue weighted by molar-refractivity contribution is 5.76. The van der Waals surface area contributed by atoms with Gasteiger partial charge in [-0.25, -0.2) is 0 Å². The number of aliphatic carboxylic acids is 1. The van der Waals surface area contributed by atoms with Gasteiger partial charge in [0.2, 0.25) is 5.91 Å². The summed E-state index contributed by atoms with van der Waals surface area (Å²) in [5.41, 5.74) is 0. The molecule has 0 aromatic carbocycles. The number of rotatable bonds is 5. The fourth-order valence-electron chi connectivity index (χ4n) is 3.05. The fourth-order valence-corrected chi connectivity index (χ4v) is 3.05. The Morgan fingerprint density at radius 1 is 1.10 bits per heavy atom. The molecular weight excluding hydrogens is 272 g/mol. The monoisotopic (exact) mass is 298 g/mol. The largest absolute Gasteiger partial charge is 0.480 e. The molecule has 0 aromatic rings. The summed E-state index contributed by atoms with van der Waals surface area (Å²) >= 11 is 0. The van der Waals surface area contributed by atoms with Crippen LogP contribution in [0.4, 0.5) is 0 Å². The molecule has 1 amide bonds. The molecule has 2 heterocycles. The summed E-state index contributed by atoms with van der Waals surface area (Å²) in [6.07, 6.45) is 5.86. The lowest BCUT2D eigenvalue weighted by molar-refractivity contribution is -0.138. The van der Waals surface area contributed by atoms with Gasteiger partial charge in [-0.3, -0.25) is 14.5 Å². The first-order valence-corrected chi connectivity index (χ1v) is 7.98. The van der Waals surface area contributed by atoms with Gasteiger partial charge in [-0.05, 0) is 32.1 Å². The molecule has 0 aromatic heterocycles. The molecule has 0 spiro atoms. The molecule has 0 saturated carbocycles. The zero-order valence-corrected chi connectivity index (χ0v) is 12.6. The second kappa shape index (κ2) is 8.34. The molecule has 1 N–H and O–H groups in total. The van der Waals surface area contributed by atoms with E-state index >= 15 is 0 Å². The van der Waals surface area contributed by atoms with E-state index in [1.165, 1.54) is 6.42 Å². The van der Waals surface area contributed by atoms with Gasteiger partial charge < -0.3 is 14.7 Å². The van der Waals surface area contributed by atoms with E-state index in [1.807, 2.05) is 9.80 Å². The Bertz CT molecular complexity index is 356. The van der Waals surface area contributed by atoms with E-state index in [4.69, 9.17) is 9.84 Å². The first-order chi connectivity index (χ1) is 10.1. The van der Waals surface area contributed by atoms with E-state index in [2.05, 4.69) is 0 Å². The molecule has 1 atom stereocenters. The maximum atomic E-state index is 12.3. The Balaban J connectivity index is 1.70. The van der Waals surface area contributed by atoms with E-state index in [0.29, 0.717) is 19.5 Å². The first kappa shape index (κ1) is 16.2. The van der Waals surface area contributed by atoms with E-state index in [1.54, 1.807) is 0 Å². The van der Waals surface area contributed by atoms with E-state index in [0.717, 1.165) is 45.4 Å². The number of ether oxygens (including phenoxy) is 1.